The smallest absolute Gasteiger partial charge is 0.280 e. The topological polar surface area (TPSA) is 46.9 Å². The second-order valence-corrected chi connectivity index (χ2v) is 5.40. The van der Waals surface area contributed by atoms with Crippen molar-refractivity contribution in [1.82, 2.24) is 9.66 Å². The first-order chi connectivity index (χ1) is 10.1. The van der Waals surface area contributed by atoms with Gasteiger partial charge < -0.3 is 0 Å². The van der Waals surface area contributed by atoms with E-state index < -0.39 is 0 Å². The minimum atomic E-state index is -0.245. The summed E-state index contributed by atoms with van der Waals surface area (Å²) in [4.78, 5) is 17.0. The molecule has 0 aliphatic heterocycles. The Hall–Kier alpha value is -2.04. The van der Waals surface area contributed by atoms with Crippen molar-refractivity contribution in [3.05, 3.63) is 68.7 Å². The molecule has 0 atom stereocenters. The fourth-order valence-electron chi connectivity index (χ4n) is 2.10. The number of benzene rings is 2. The van der Waals surface area contributed by atoms with Crippen molar-refractivity contribution in [2.45, 2.75) is 6.92 Å². The van der Waals surface area contributed by atoms with Gasteiger partial charge in [-0.2, -0.15) is 0 Å². The van der Waals surface area contributed by atoms with E-state index in [1.165, 1.54) is 4.68 Å². The molecule has 106 valence electrons. The lowest BCUT2D eigenvalue weighted by Gasteiger charge is -2.13. The average molecular weight is 320 g/mol. The van der Waals surface area contributed by atoms with Crippen molar-refractivity contribution in [3.63, 3.8) is 0 Å². The van der Waals surface area contributed by atoms with Crippen LogP contribution in [0.15, 0.2) is 47.3 Å². The lowest BCUT2D eigenvalue weighted by Crippen LogP contribution is -2.29. The van der Waals surface area contributed by atoms with Crippen LogP contribution in [0.4, 0.5) is 5.69 Å². The van der Waals surface area contributed by atoms with E-state index in [0.29, 0.717) is 26.8 Å². The molecule has 0 saturated carbocycles. The SMILES string of the molecule is Cc1nc2c(Cl)cc(Cl)cc2c(=O)n1Nc1ccccc1. The Morgan fingerprint density at radius 2 is 1.86 bits per heavy atom. The normalized spacial score (nSPS) is 10.8. The zero-order valence-electron chi connectivity index (χ0n) is 11.1. The van der Waals surface area contributed by atoms with E-state index in [9.17, 15) is 4.79 Å². The number of fused-ring (bicyclic) bond motifs is 1. The molecule has 1 aromatic heterocycles. The number of hydrogen-bond donors (Lipinski definition) is 1. The molecule has 3 rings (SSSR count). The summed E-state index contributed by atoms with van der Waals surface area (Å²) in [7, 11) is 0. The maximum atomic E-state index is 12.6. The zero-order valence-corrected chi connectivity index (χ0v) is 12.6. The van der Waals surface area contributed by atoms with Gasteiger partial charge in [0.2, 0.25) is 0 Å². The molecule has 0 fully saturated rings. The molecule has 0 unspecified atom stereocenters. The Morgan fingerprint density at radius 1 is 1.14 bits per heavy atom. The summed E-state index contributed by atoms with van der Waals surface area (Å²) in [5, 5.41) is 1.15. The van der Waals surface area contributed by atoms with Gasteiger partial charge >= 0.3 is 0 Å². The largest absolute Gasteiger partial charge is 0.290 e. The fraction of sp³-hybridized carbons (Fsp3) is 0.0667. The van der Waals surface area contributed by atoms with E-state index >= 15 is 0 Å². The molecular formula is C15H11Cl2N3O. The van der Waals surface area contributed by atoms with Crippen molar-refractivity contribution in [2.75, 3.05) is 5.43 Å². The number of aryl methyl sites for hydroxylation is 1. The minimum Gasteiger partial charge on any atom is -0.290 e. The van der Waals surface area contributed by atoms with Crippen molar-refractivity contribution in [1.29, 1.82) is 0 Å². The van der Waals surface area contributed by atoms with Crippen LogP contribution in [0.5, 0.6) is 0 Å². The lowest BCUT2D eigenvalue weighted by atomic mass is 10.2. The van der Waals surface area contributed by atoms with Gasteiger partial charge in [-0.25, -0.2) is 9.66 Å². The molecule has 1 N–H and O–H groups in total. The number of hydrogen-bond acceptors (Lipinski definition) is 3. The predicted molar refractivity (Wildman–Crippen MR) is 86.2 cm³/mol. The Kier molecular flexibility index (Phi) is 3.57. The Labute approximate surface area is 130 Å². The standard InChI is InChI=1S/C15H11Cl2N3O/c1-9-18-14-12(7-10(16)8-13(14)17)15(21)20(9)19-11-5-3-2-4-6-11/h2-8,19H,1H3. The van der Waals surface area contributed by atoms with Gasteiger partial charge in [0, 0.05) is 5.02 Å². The van der Waals surface area contributed by atoms with Crippen molar-refractivity contribution in [2.24, 2.45) is 0 Å². The van der Waals surface area contributed by atoms with Gasteiger partial charge in [0.1, 0.15) is 5.82 Å². The molecule has 2 aromatic carbocycles. The molecule has 0 aliphatic rings. The van der Waals surface area contributed by atoms with Gasteiger partial charge in [-0.15, -0.1) is 0 Å². The maximum Gasteiger partial charge on any atom is 0.280 e. The summed E-state index contributed by atoms with van der Waals surface area (Å²) in [6.45, 7) is 1.74. The summed E-state index contributed by atoms with van der Waals surface area (Å²) < 4.78 is 1.38. The molecule has 0 aliphatic carbocycles. The Bertz CT molecular complexity index is 875. The van der Waals surface area contributed by atoms with Gasteiger partial charge in [-0.05, 0) is 31.2 Å². The van der Waals surface area contributed by atoms with Gasteiger partial charge in [0.15, 0.2) is 0 Å². The number of para-hydroxylation sites is 1. The quantitative estimate of drug-likeness (QED) is 0.779. The van der Waals surface area contributed by atoms with Gasteiger partial charge in [-0.1, -0.05) is 41.4 Å². The number of anilines is 1. The molecule has 1 heterocycles. The lowest BCUT2D eigenvalue weighted by molar-refractivity contribution is 0.825. The molecule has 0 amide bonds. The van der Waals surface area contributed by atoms with E-state index in [-0.39, 0.29) is 5.56 Å². The minimum absolute atomic E-state index is 0.245. The highest BCUT2D eigenvalue weighted by atomic mass is 35.5. The highest BCUT2D eigenvalue weighted by Gasteiger charge is 2.12. The Balaban J connectivity index is 2.22. The zero-order chi connectivity index (χ0) is 15.0. The van der Waals surface area contributed by atoms with Crippen LogP contribution in [0.25, 0.3) is 10.9 Å². The first-order valence-corrected chi connectivity index (χ1v) is 7.02. The molecule has 21 heavy (non-hydrogen) atoms. The van der Waals surface area contributed by atoms with Crippen molar-refractivity contribution >= 4 is 39.8 Å². The van der Waals surface area contributed by atoms with Crippen molar-refractivity contribution in [3.8, 4) is 0 Å². The molecule has 0 spiro atoms. The van der Waals surface area contributed by atoms with Crippen LogP contribution in [0, 0.1) is 6.92 Å². The number of aromatic nitrogens is 2. The molecule has 0 bridgehead atoms. The van der Waals surface area contributed by atoms with Crippen molar-refractivity contribution < 1.29 is 0 Å². The third-order valence-corrected chi connectivity index (χ3v) is 3.58. The van der Waals surface area contributed by atoms with Crippen LogP contribution in [0.2, 0.25) is 10.0 Å². The van der Waals surface area contributed by atoms with Crippen LogP contribution in [-0.4, -0.2) is 9.66 Å². The molecule has 4 nitrogen and oxygen atoms in total. The average Bonchev–Trinajstić information content (AvgIpc) is 2.46. The highest BCUT2D eigenvalue weighted by Crippen LogP contribution is 2.24. The summed E-state index contributed by atoms with van der Waals surface area (Å²) in [6, 6.07) is 12.5. The van der Waals surface area contributed by atoms with E-state index in [2.05, 4.69) is 10.4 Å². The molecule has 0 saturated heterocycles. The summed E-state index contributed by atoms with van der Waals surface area (Å²) >= 11 is 12.1. The van der Waals surface area contributed by atoms with Crippen LogP contribution < -0.4 is 11.0 Å². The van der Waals surface area contributed by atoms with E-state index in [4.69, 9.17) is 23.2 Å². The summed E-state index contributed by atoms with van der Waals surface area (Å²) in [6.07, 6.45) is 0. The third-order valence-electron chi connectivity index (χ3n) is 3.07. The third kappa shape index (κ3) is 2.60. The van der Waals surface area contributed by atoms with Gasteiger partial charge in [-0.3, -0.25) is 10.2 Å². The fourth-order valence-corrected chi connectivity index (χ4v) is 2.63. The molecule has 6 heteroatoms. The summed E-state index contributed by atoms with van der Waals surface area (Å²) in [5.41, 5.74) is 4.02. The second-order valence-electron chi connectivity index (χ2n) is 4.56. The number of nitrogens with one attached hydrogen (secondary N) is 1. The monoisotopic (exact) mass is 319 g/mol. The molecular weight excluding hydrogens is 309 g/mol. The van der Waals surface area contributed by atoms with Crippen LogP contribution in [0.1, 0.15) is 5.82 Å². The van der Waals surface area contributed by atoms with E-state index in [0.717, 1.165) is 5.69 Å². The van der Waals surface area contributed by atoms with E-state index in [1.807, 2.05) is 30.3 Å². The van der Waals surface area contributed by atoms with Crippen LogP contribution in [0.3, 0.4) is 0 Å². The number of nitrogens with zero attached hydrogens (tertiary/aromatic N) is 2. The number of rotatable bonds is 2. The van der Waals surface area contributed by atoms with Crippen LogP contribution in [-0.2, 0) is 0 Å². The second kappa shape index (κ2) is 5.39. The molecule has 0 radical (unpaired) electrons. The van der Waals surface area contributed by atoms with E-state index in [1.54, 1.807) is 19.1 Å². The first-order valence-electron chi connectivity index (χ1n) is 6.27. The highest BCUT2D eigenvalue weighted by molar-refractivity contribution is 6.38. The maximum absolute atomic E-state index is 12.6. The first kappa shape index (κ1) is 13.9. The predicted octanol–water partition coefficient (Wildman–Crippen LogP) is 3.89. The Morgan fingerprint density at radius 3 is 2.57 bits per heavy atom. The summed E-state index contributed by atoms with van der Waals surface area (Å²) in [5.74, 6) is 0.514. The van der Waals surface area contributed by atoms with Crippen LogP contribution >= 0.6 is 23.2 Å². The number of halogens is 2. The molecule has 3 aromatic rings. The van der Waals surface area contributed by atoms with Gasteiger partial charge in [0.25, 0.3) is 5.56 Å². The van der Waals surface area contributed by atoms with Gasteiger partial charge in [0.05, 0.1) is 21.6 Å².